The molecule has 1 fully saturated rings. The fourth-order valence-corrected chi connectivity index (χ4v) is 2.71. The molecule has 0 aromatic heterocycles. The quantitative estimate of drug-likeness (QED) is 0.720. The van der Waals surface area contributed by atoms with Gasteiger partial charge in [-0.1, -0.05) is 26.2 Å². The molecule has 0 spiro atoms. The zero-order chi connectivity index (χ0) is 15.7. The van der Waals surface area contributed by atoms with Gasteiger partial charge >= 0.3 is 0 Å². The molecule has 5 nitrogen and oxygen atoms in total. The average Bonchev–Trinajstić information content (AvgIpc) is 2.48. The monoisotopic (exact) mass is 298 g/mol. The lowest BCUT2D eigenvalue weighted by molar-refractivity contribution is -0.132. The summed E-state index contributed by atoms with van der Waals surface area (Å²) in [4.78, 5) is 23.4. The molecule has 1 rings (SSSR count). The summed E-state index contributed by atoms with van der Waals surface area (Å²) < 4.78 is 5.87. The molecule has 5 heteroatoms. The van der Waals surface area contributed by atoms with E-state index in [1.807, 2.05) is 13.8 Å². The van der Waals surface area contributed by atoms with Crippen LogP contribution in [0, 0.1) is 5.92 Å². The van der Waals surface area contributed by atoms with Crippen LogP contribution in [0.2, 0.25) is 0 Å². The molecular formula is C16H30N2O3. The van der Waals surface area contributed by atoms with Crippen molar-refractivity contribution in [3.8, 4) is 0 Å². The maximum absolute atomic E-state index is 12.1. The maximum atomic E-state index is 12.1. The lowest BCUT2D eigenvalue weighted by Crippen LogP contribution is -2.53. The van der Waals surface area contributed by atoms with Gasteiger partial charge in [0, 0.05) is 20.1 Å². The standard InChI is InChI=1S/C16H30N2O3/c1-4-10-17-16(20)15(18-13(3)19)12(2)21-11-14-8-6-5-7-9-14/h12,14-15H,4-11H2,1-3H3,(H,17,20)(H,18,19). The zero-order valence-electron chi connectivity index (χ0n) is 13.6. The van der Waals surface area contributed by atoms with Crippen LogP contribution in [0.1, 0.15) is 59.3 Å². The lowest BCUT2D eigenvalue weighted by Gasteiger charge is -2.27. The van der Waals surface area contributed by atoms with Crippen LogP contribution >= 0.6 is 0 Å². The van der Waals surface area contributed by atoms with Crippen LogP contribution in [-0.2, 0) is 14.3 Å². The van der Waals surface area contributed by atoms with E-state index in [-0.39, 0.29) is 17.9 Å². The fraction of sp³-hybridized carbons (Fsp3) is 0.875. The largest absolute Gasteiger partial charge is 0.376 e. The van der Waals surface area contributed by atoms with E-state index < -0.39 is 6.04 Å². The van der Waals surface area contributed by atoms with Crippen molar-refractivity contribution in [2.75, 3.05) is 13.2 Å². The number of carbonyl (C=O) groups is 2. The van der Waals surface area contributed by atoms with E-state index in [1.165, 1.54) is 39.0 Å². The average molecular weight is 298 g/mol. The summed E-state index contributed by atoms with van der Waals surface area (Å²) in [5.74, 6) is 0.223. The van der Waals surface area contributed by atoms with Gasteiger partial charge in [-0.15, -0.1) is 0 Å². The minimum Gasteiger partial charge on any atom is -0.376 e. The van der Waals surface area contributed by atoms with Crippen molar-refractivity contribution in [3.05, 3.63) is 0 Å². The molecule has 0 radical (unpaired) electrons. The molecule has 0 saturated heterocycles. The number of amides is 2. The second-order valence-corrected chi connectivity index (χ2v) is 6.01. The Bertz CT molecular complexity index is 327. The third kappa shape index (κ3) is 6.93. The molecule has 0 aromatic carbocycles. The van der Waals surface area contributed by atoms with Gasteiger partial charge in [0.05, 0.1) is 6.10 Å². The third-order valence-corrected chi connectivity index (χ3v) is 3.98. The Kier molecular flexibility index (Phi) is 8.35. The highest BCUT2D eigenvalue weighted by Crippen LogP contribution is 2.24. The predicted octanol–water partition coefficient (Wildman–Crippen LogP) is 2.00. The third-order valence-electron chi connectivity index (χ3n) is 3.98. The van der Waals surface area contributed by atoms with Crippen molar-refractivity contribution in [2.45, 2.75) is 71.4 Å². The summed E-state index contributed by atoms with van der Waals surface area (Å²) in [5.41, 5.74) is 0. The summed E-state index contributed by atoms with van der Waals surface area (Å²) >= 11 is 0. The van der Waals surface area contributed by atoms with Crippen LogP contribution in [-0.4, -0.2) is 37.1 Å². The van der Waals surface area contributed by atoms with Crippen molar-refractivity contribution in [1.29, 1.82) is 0 Å². The Balaban J connectivity index is 2.46. The summed E-state index contributed by atoms with van der Waals surface area (Å²) in [6, 6.07) is -0.613. The van der Waals surface area contributed by atoms with Gasteiger partial charge in [0.15, 0.2) is 0 Å². The highest BCUT2D eigenvalue weighted by atomic mass is 16.5. The molecule has 0 aliphatic heterocycles. The van der Waals surface area contributed by atoms with E-state index in [4.69, 9.17) is 4.74 Å². The summed E-state index contributed by atoms with van der Waals surface area (Å²) in [7, 11) is 0. The molecule has 1 aliphatic rings. The number of nitrogens with one attached hydrogen (secondary N) is 2. The number of hydrogen-bond donors (Lipinski definition) is 2. The smallest absolute Gasteiger partial charge is 0.245 e. The second kappa shape index (κ2) is 9.77. The van der Waals surface area contributed by atoms with E-state index in [0.717, 1.165) is 6.42 Å². The van der Waals surface area contributed by atoms with E-state index >= 15 is 0 Å². The molecule has 2 atom stereocenters. The summed E-state index contributed by atoms with van der Waals surface area (Å²) in [6.45, 7) is 6.57. The molecule has 0 aromatic rings. The van der Waals surface area contributed by atoms with Gasteiger partial charge in [0.25, 0.3) is 0 Å². The van der Waals surface area contributed by atoms with Crippen LogP contribution in [0.15, 0.2) is 0 Å². The molecule has 0 heterocycles. The van der Waals surface area contributed by atoms with E-state index in [9.17, 15) is 9.59 Å². The SMILES string of the molecule is CCCNC(=O)C(NC(C)=O)C(C)OCC1CCCCC1. The Morgan fingerprint density at radius 1 is 1.24 bits per heavy atom. The molecule has 1 aliphatic carbocycles. The van der Waals surface area contributed by atoms with E-state index in [2.05, 4.69) is 10.6 Å². The number of carbonyl (C=O) groups excluding carboxylic acids is 2. The number of rotatable bonds is 8. The second-order valence-electron chi connectivity index (χ2n) is 6.01. The van der Waals surface area contributed by atoms with Gasteiger partial charge in [-0.25, -0.2) is 0 Å². The summed E-state index contributed by atoms with van der Waals surface area (Å²) in [6.07, 6.45) is 6.84. The van der Waals surface area contributed by atoms with Gasteiger partial charge in [0.2, 0.25) is 11.8 Å². The maximum Gasteiger partial charge on any atom is 0.245 e. The van der Waals surface area contributed by atoms with E-state index in [0.29, 0.717) is 19.1 Å². The van der Waals surface area contributed by atoms with Crippen LogP contribution < -0.4 is 10.6 Å². The molecule has 1 saturated carbocycles. The van der Waals surface area contributed by atoms with Gasteiger partial charge < -0.3 is 15.4 Å². The van der Waals surface area contributed by atoms with Crippen LogP contribution in [0.25, 0.3) is 0 Å². The van der Waals surface area contributed by atoms with Crippen LogP contribution in [0.5, 0.6) is 0 Å². The molecule has 2 amide bonds. The Morgan fingerprint density at radius 2 is 1.90 bits per heavy atom. The van der Waals surface area contributed by atoms with Crippen LogP contribution in [0.3, 0.4) is 0 Å². The molecule has 122 valence electrons. The molecule has 21 heavy (non-hydrogen) atoms. The van der Waals surface area contributed by atoms with Crippen molar-refractivity contribution < 1.29 is 14.3 Å². The first-order valence-corrected chi connectivity index (χ1v) is 8.21. The molecule has 2 unspecified atom stereocenters. The lowest BCUT2D eigenvalue weighted by atomic mass is 9.90. The minimum absolute atomic E-state index is 0.164. The predicted molar refractivity (Wildman–Crippen MR) is 82.9 cm³/mol. The summed E-state index contributed by atoms with van der Waals surface area (Å²) in [5, 5.41) is 5.52. The molecule has 0 bridgehead atoms. The van der Waals surface area contributed by atoms with Gasteiger partial charge in [-0.3, -0.25) is 9.59 Å². The molecular weight excluding hydrogens is 268 g/mol. The van der Waals surface area contributed by atoms with Crippen molar-refractivity contribution in [3.63, 3.8) is 0 Å². The van der Waals surface area contributed by atoms with Crippen molar-refractivity contribution in [1.82, 2.24) is 10.6 Å². The highest BCUT2D eigenvalue weighted by molar-refractivity contribution is 5.87. The van der Waals surface area contributed by atoms with Crippen molar-refractivity contribution >= 4 is 11.8 Å². The number of hydrogen-bond acceptors (Lipinski definition) is 3. The zero-order valence-corrected chi connectivity index (χ0v) is 13.6. The molecule has 2 N–H and O–H groups in total. The van der Waals surface area contributed by atoms with Gasteiger partial charge in [0.1, 0.15) is 6.04 Å². The van der Waals surface area contributed by atoms with Gasteiger partial charge in [-0.05, 0) is 32.1 Å². The van der Waals surface area contributed by atoms with E-state index in [1.54, 1.807) is 0 Å². The topological polar surface area (TPSA) is 67.4 Å². The highest BCUT2D eigenvalue weighted by Gasteiger charge is 2.27. The Labute approximate surface area is 128 Å². The minimum atomic E-state index is -0.613. The number of ether oxygens (including phenoxy) is 1. The first kappa shape index (κ1) is 18.0. The van der Waals surface area contributed by atoms with Gasteiger partial charge in [-0.2, -0.15) is 0 Å². The first-order valence-electron chi connectivity index (χ1n) is 8.21. The van der Waals surface area contributed by atoms with Crippen LogP contribution in [0.4, 0.5) is 0 Å². The normalized spacial score (nSPS) is 18.8. The Hall–Kier alpha value is -1.10. The van der Waals surface area contributed by atoms with Crippen molar-refractivity contribution in [2.24, 2.45) is 5.92 Å². The Morgan fingerprint density at radius 3 is 2.48 bits per heavy atom. The first-order chi connectivity index (χ1) is 10.0. The fourth-order valence-electron chi connectivity index (χ4n) is 2.71.